The minimum atomic E-state index is -4.64. The molecule has 2 rings (SSSR count). The van der Waals surface area contributed by atoms with Gasteiger partial charge in [-0.05, 0) is 31.1 Å². The maximum atomic E-state index is 13.1. The molecule has 0 aliphatic heterocycles. The third kappa shape index (κ3) is 4.93. The lowest BCUT2D eigenvalue weighted by atomic mass is 10.1. The van der Waals surface area contributed by atoms with E-state index in [1.54, 1.807) is 17.7 Å². The van der Waals surface area contributed by atoms with Gasteiger partial charge in [-0.3, -0.25) is 9.48 Å². The molecule has 0 bridgehead atoms. The van der Waals surface area contributed by atoms with Crippen LogP contribution in [0.5, 0.6) is 0 Å². The minimum absolute atomic E-state index is 0.252. The minimum Gasteiger partial charge on any atom is -0.321 e. The summed E-state index contributed by atoms with van der Waals surface area (Å²) in [6.45, 7) is 6.17. The van der Waals surface area contributed by atoms with Crippen LogP contribution in [-0.2, 0) is 17.5 Å². The molecule has 0 unspecified atom stereocenters. The summed E-state index contributed by atoms with van der Waals surface area (Å²) >= 11 is 6.29. The molecule has 148 valence electrons. The first-order valence-corrected chi connectivity index (χ1v) is 8.74. The second-order valence-electron chi connectivity index (χ2n) is 6.53. The maximum Gasteiger partial charge on any atom is 0.418 e. The summed E-state index contributed by atoms with van der Waals surface area (Å²) in [7, 11) is 0. The van der Waals surface area contributed by atoms with Crippen molar-refractivity contribution in [2.75, 3.05) is 5.32 Å². The summed E-state index contributed by atoms with van der Waals surface area (Å²) in [6.07, 6.45) is -3.41. The van der Waals surface area contributed by atoms with Crippen LogP contribution in [0.15, 0.2) is 29.8 Å². The number of para-hydroxylation sites is 1. The number of anilines is 1. The Balaban J connectivity index is 2.36. The smallest absolute Gasteiger partial charge is 0.321 e. The summed E-state index contributed by atoms with van der Waals surface area (Å²) in [5.74, 6) is -0.697. The summed E-state index contributed by atoms with van der Waals surface area (Å²) in [4.78, 5) is 12.4. The van der Waals surface area contributed by atoms with Crippen molar-refractivity contribution in [2.24, 2.45) is 5.92 Å². The van der Waals surface area contributed by atoms with Gasteiger partial charge in [0.15, 0.2) is 0 Å². The molecule has 1 heterocycles. The normalized spacial score (nSPS) is 12.2. The van der Waals surface area contributed by atoms with Crippen molar-refractivity contribution in [1.29, 1.82) is 5.26 Å². The van der Waals surface area contributed by atoms with Crippen LogP contribution in [0.3, 0.4) is 0 Å². The highest BCUT2D eigenvalue weighted by atomic mass is 35.5. The summed E-state index contributed by atoms with van der Waals surface area (Å²) in [5, 5.41) is 16.0. The molecule has 0 saturated carbocycles. The Morgan fingerprint density at radius 1 is 1.39 bits per heavy atom. The number of hydrogen-bond donors (Lipinski definition) is 1. The van der Waals surface area contributed by atoms with E-state index in [1.165, 1.54) is 18.2 Å². The van der Waals surface area contributed by atoms with Gasteiger partial charge in [0.05, 0.1) is 16.9 Å². The van der Waals surface area contributed by atoms with Crippen LogP contribution in [0.1, 0.15) is 30.7 Å². The average Bonchev–Trinajstić information content (AvgIpc) is 2.85. The van der Waals surface area contributed by atoms with E-state index in [2.05, 4.69) is 10.4 Å². The molecule has 0 aliphatic rings. The molecule has 1 aromatic carbocycles. The first-order valence-electron chi connectivity index (χ1n) is 8.36. The second-order valence-corrected chi connectivity index (χ2v) is 6.89. The molecule has 0 radical (unpaired) electrons. The fourth-order valence-electron chi connectivity index (χ4n) is 2.52. The SMILES string of the molecule is Cc1nn(CC(C)C)c(Cl)c1/C=C(\C#N)C(=O)Nc1ccccc1C(F)(F)F. The number of nitrogens with one attached hydrogen (secondary N) is 1. The highest BCUT2D eigenvalue weighted by molar-refractivity contribution is 6.31. The molecular formula is C19H18ClF3N4O. The molecule has 0 spiro atoms. The van der Waals surface area contributed by atoms with Crippen molar-refractivity contribution in [1.82, 2.24) is 9.78 Å². The number of halogens is 4. The third-order valence-electron chi connectivity index (χ3n) is 3.78. The fraction of sp³-hybridized carbons (Fsp3) is 0.316. The topological polar surface area (TPSA) is 70.7 Å². The number of alkyl halides is 3. The van der Waals surface area contributed by atoms with Gasteiger partial charge in [-0.15, -0.1) is 0 Å². The Morgan fingerprint density at radius 2 is 2.04 bits per heavy atom. The summed E-state index contributed by atoms with van der Waals surface area (Å²) in [6, 6.07) is 6.25. The number of aromatic nitrogens is 2. The molecule has 0 aliphatic carbocycles. The fourth-order valence-corrected chi connectivity index (χ4v) is 2.82. The monoisotopic (exact) mass is 410 g/mol. The zero-order valence-electron chi connectivity index (χ0n) is 15.4. The van der Waals surface area contributed by atoms with Gasteiger partial charge < -0.3 is 5.32 Å². The molecule has 9 heteroatoms. The number of amides is 1. The molecular weight excluding hydrogens is 393 g/mol. The van der Waals surface area contributed by atoms with E-state index in [4.69, 9.17) is 11.6 Å². The Morgan fingerprint density at radius 3 is 2.61 bits per heavy atom. The number of hydrogen-bond acceptors (Lipinski definition) is 3. The van der Waals surface area contributed by atoms with Gasteiger partial charge in [-0.1, -0.05) is 37.6 Å². The van der Waals surface area contributed by atoms with E-state index in [9.17, 15) is 23.2 Å². The number of nitriles is 1. The Kier molecular flexibility index (Phi) is 6.52. The van der Waals surface area contributed by atoms with Gasteiger partial charge in [-0.25, -0.2) is 0 Å². The summed E-state index contributed by atoms with van der Waals surface area (Å²) in [5.41, 5.74) is -0.940. The Hall–Kier alpha value is -2.79. The van der Waals surface area contributed by atoms with Crippen molar-refractivity contribution in [3.63, 3.8) is 0 Å². The van der Waals surface area contributed by atoms with Crippen molar-refractivity contribution in [2.45, 2.75) is 33.5 Å². The number of carbonyl (C=O) groups excluding carboxylic acids is 1. The van der Waals surface area contributed by atoms with Crippen LogP contribution >= 0.6 is 11.6 Å². The quantitative estimate of drug-likeness (QED) is 0.553. The van der Waals surface area contributed by atoms with Crippen molar-refractivity contribution in [3.05, 3.63) is 51.8 Å². The van der Waals surface area contributed by atoms with Crippen LogP contribution in [0.2, 0.25) is 5.15 Å². The molecule has 1 amide bonds. The number of carbonyl (C=O) groups is 1. The molecule has 0 fully saturated rings. The van der Waals surface area contributed by atoms with Crippen molar-refractivity contribution >= 4 is 29.3 Å². The van der Waals surface area contributed by atoms with Crippen LogP contribution < -0.4 is 5.32 Å². The maximum absolute atomic E-state index is 13.1. The van der Waals surface area contributed by atoms with Crippen LogP contribution in [0.4, 0.5) is 18.9 Å². The Labute approximate surface area is 165 Å². The van der Waals surface area contributed by atoms with Gasteiger partial charge in [0.2, 0.25) is 0 Å². The van der Waals surface area contributed by atoms with E-state index < -0.39 is 23.3 Å². The van der Waals surface area contributed by atoms with Gasteiger partial charge in [0.1, 0.15) is 16.8 Å². The molecule has 0 atom stereocenters. The molecule has 0 saturated heterocycles. The van der Waals surface area contributed by atoms with Crippen molar-refractivity contribution in [3.8, 4) is 6.07 Å². The zero-order valence-corrected chi connectivity index (χ0v) is 16.2. The third-order valence-corrected chi connectivity index (χ3v) is 4.18. The predicted molar refractivity (Wildman–Crippen MR) is 100 cm³/mol. The standard InChI is InChI=1S/C19H18ClF3N4O/c1-11(2)10-27-17(20)14(12(3)26-27)8-13(9-24)18(28)25-16-7-5-4-6-15(16)19(21,22)23/h4-8,11H,10H2,1-3H3,(H,25,28)/b13-8+. The highest BCUT2D eigenvalue weighted by Gasteiger charge is 2.33. The van der Waals surface area contributed by atoms with E-state index >= 15 is 0 Å². The van der Waals surface area contributed by atoms with E-state index in [0.29, 0.717) is 17.8 Å². The Bertz CT molecular complexity index is 955. The average molecular weight is 411 g/mol. The van der Waals surface area contributed by atoms with E-state index in [1.807, 2.05) is 13.8 Å². The summed E-state index contributed by atoms with van der Waals surface area (Å²) < 4.78 is 40.8. The molecule has 5 nitrogen and oxygen atoms in total. The van der Waals surface area contributed by atoms with Crippen molar-refractivity contribution < 1.29 is 18.0 Å². The van der Waals surface area contributed by atoms with Crippen LogP contribution in [-0.4, -0.2) is 15.7 Å². The molecule has 1 aromatic heterocycles. The first-order chi connectivity index (χ1) is 13.0. The largest absolute Gasteiger partial charge is 0.418 e. The first kappa shape index (κ1) is 21.5. The molecule has 1 N–H and O–H groups in total. The van der Waals surface area contributed by atoms with Gasteiger partial charge in [0, 0.05) is 12.1 Å². The van der Waals surface area contributed by atoms with E-state index in [0.717, 1.165) is 12.1 Å². The number of nitrogens with zero attached hydrogens (tertiary/aromatic N) is 3. The van der Waals surface area contributed by atoms with E-state index in [-0.39, 0.29) is 16.6 Å². The second kappa shape index (κ2) is 8.48. The lowest BCUT2D eigenvalue weighted by Crippen LogP contribution is -2.17. The molecule has 2 aromatic rings. The number of rotatable bonds is 5. The molecule has 28 heavy (non-hydrogen) atoms. The lowest BCUT2D eigenvalue weighted by molar-refractivity contribution is -0.137. The highest BCUT2D eigenvalue weighted by Crippen LogP contribution is 2.34. The van der Waals surface area contributed by atoms with Gasteiger partial charge in [0.25, 0.3) is 5.91 Å². The lowest BCUT2D eigenvalue weighted by Gasteiger charge is -2.13. The number of aryl methyl sites for hydroxylation is 1. The zero-order chi connectivity index (χ0) is 21.1. The van der Waals surface area contributed by atoms with Gasteiger partial charge in [-0.2, -0.15) is 23.5 Å². The van der Waals surface area contributed by atoms with Crippen LogP contribution in [0.25, 0.3) is 6.08 Å². The number of benzene rings is 1. The van der Waals surface area contributed by atoms with Gasteiger partial charge >= 0.3 is 6.18 Å². The predicted octanol–water partition coefficient (Wildman–Crippen LogP) is 5.07. The van der Waals surface area contributed by atoms with Crippen LogP contribution in [0, 0.1) is 24.2 Å².